The van der Waals surface area contributed by atoms with Gasteiger partial charge in [-0.05, 0) is 25.2 Å². The summed E-state index contributed by atoms with van der Waals surface area (Å²) in [5, 5.41) is 4.01. The van der Waals surface area contributed by atoms with Crippen LogP contribution in [0.1, 0.15) is 44.2 Å². The molecule has 3 atom stereocenters. The Morgan fingerprint density at radius 2 is 2.28 bits per heavy atom. The summed E-state index contributed by atoms with van der Waals surface area (Å²) < 4.78 is 7.16. The molecular weight excluding hydrogens is 230 g/mol. The molecule has 1 aliphatic rings. The summed E-state index contributed by atoms with van der Waals surface area (Å²) in [5.41, 5.74) is 6.59. The number of nitrogens with two attached hydrogens (primary N) is 1. The number of aryl methyl sites for hydroxylation is 1. The molecule has 3 unspecified atom stereocenters. The average Bonchev–Trinajstić information content (AvgIpc) is 2.78. The number of rotatable bonds is 3. The monoisotopic (exact) mass is 251 g/mol. The van der Waals surface area contributed by atoms with Gasteiger partial charge >= 0.3 is 5.97 Å². The minimum atomic E-state index is -0.729. The Morgan fingerprint density at radius 3 is 2.89 bits per heavy atom. The van der Waals surface area contributed by atoms with Crippen molar-refractivity contribution in [2.45, 2.75) is 44.8 Å². The van der Waals surface area contributed by atoms with Crippen molar-refractivity contribution in [2.75, 3.05) is 0 Å². The largest absolute Gasteiger partial charge is 0.461 e. The van der Waals surface area contributed by atoms with Crippen LogP contribution < -0.4 is 5.73 Å². The van der Waals surface area contributed by atoms with Gasteiger partial charge in [0, 0.05) is 18.8 Å². The molecule has 18 heavy (non-hydrogen) atoms. The van der Waals surface area contributed by atoms with Crippen LogP contribution in [0.3, 0.4) is 0 Å². The molecule has 1 aromatic heterocycles. The van der Waals surface area contributed by atoms with Gasteiger partial charge in [0.25, 0.3) is 0 Å². The molecule has 2 rings (SSSR count). The van der Waals surface area contributed by atoms with Gasteiger partial charge in [0.15, 0.2) is 0 Å². The second kappa shape index (κ2) is 5.52. The molecule has 100 valence electrons. The molecule has 0 aromatic carbocycles. The maximum atomic E-state index is 12.0. The highest BCUT2D eigenvalue weighted by molar-refractivity contribution is 5.77. The zero-order chi connectivity index (χ0) is 13.1. The minimum absolute atomic E-state index is 0.0222. The average molecular weight is 251 g/mol. The van der Waals surface area contributed by atoms with Crippen LogP contribution in [-0.2, 0) is 16.6 Å². The Bertz CT molecular complexity index is 416. The normalized spacial score (nSPS) is 25.7. The van der Waals surface area contributed by atoms with Crippen LogP contribution >= 0.6 is 0 Å². The number of carbonyl (C=O) groups is 1. The third-order valence-electron chi connectivity index (χ3n) is 3.64. The Balaban J connectivity index is 1.94. The number of esters is 1. The van der Waals surface area contributed by atoms with E-state index in [-0.39, 0.29) is 12.1 Å². The lowest BCUT2D eigenvalue weighted by Gasteiger charge is -2.29. The molecule has 0 bridgehead atoms. The van der Waals surface area contributed by atoms with Crippen molar-refractivity contribution in [3.63, 3.8) is 0 Å². The van der Waals surface area contributed by atoms with Crippen molar-refractivity contribution in [1.29, 1.82) is 0 Å². The fraction of sp³-hybridized carbons (Fsp3) is 0.692. The molecule has 0 radical (unpaired) electrons. The van der Waals surface area contributed by atoms with Gasteiger partial charge in [0.05, 0.1) is 6.20 Å². The van der Waals surface area contributed by atoms with E-state index < -0.39 is 6.04 Å². The van der Waals surface area contributed by atoms with Crippen LogP contribution in [0, 0.1) is 5.92 Å². The standard InChI is InChI=1S/C13H21N3O2/c1-9-5-3-4-6-11(9)18-13(17)12(14)10-7-15-16(2)8-10/h7-9,11-12H,3-6,14H2,1-2H3. The maximum absolute atomic E-state index is 12.0. The zero-order valence-electron chi connectivity index (χ0n) is 11.0. The fourth-order valence-electron chi connectivity index (χ4n) is 2.42. The highest BCUT2D eigenvalue weighted by Gasteiger charge is 2.28. The third kappa shape index (κ3) is 2.90. The highest BCUT2D eigenvalue weighted by Crippen LogP contribution is 2.27. The first kappa shape index (κ1) is 13.1. The van der Waals surface area contributed by atoms with E-state index in [0.29, 0.717) is 11.5 Å². The molecular formula is C13H21N3O2. The molecule has 1 aromatic rings. The highest BCUT2D eigenvalue weighted by atomic mass is 16.5. The molecule has 0 aliphatic heterocycles. The molecule has 1 fully saturated rings. The smallest absolute Gasteiger partial charge is 0.327 e. The van der Waals surface area contributed by atoms with Crippen molar-refractivity contribution in [3.8, 4) is 0 Å². The summed E-state index contributed by atoms with van der Waals surface area (Å²) in [4.78, 5) is 12.0. The first-order chi connectivity index (χ1) is 8.58. The van der Waals surface area contributed by atoms with Gasteiger partial charge < -0.3 is 10.5 Å². The minimum Gasteiger partial charge on any atom is -0.461 e. The summed E-state index contributed by atoms with van der Waals surface area (Å²) in [5.74, 6) is 0.0885. The van der Waals surface area contributed by atoms with Gasteiger partial charge in [-0.2, -0.15) is 5.10 Å². The molecule has 0 saturated heterocycles. The summed E-state index contributed by atoms with van der Waals surface area (Å²) in [6.07, 6.45) is 7.81. The maximum Gasteiger partial charge on any atom is 0.327 e. The van der Waals surface area contributed by atoms with Crippen LogP contribution in [0.15, 0.2) is 12.4 Å². The lowest BCUT2D eigenvalue weighted by Crippen LogP contribution is -2.33. The molecule has 0 amide bonds. The van der Waals surface area contributed by atoms with Gasteiger partial charge in [-0.3, -0.25) is 4.68 Å². The SMILES string of the molecule is CC1CCCCC1OC(=O)C(N)c1cnn(C)c1. The predicted octanol–water partition coefficient (Wildman–Crippen LogP) is 1.54. The number of nitrogens with zero attached hydrogens (tertiary/aromatic N) is 2. The molecule has 2 N–H and O–H groups in total. The summed E-state index contributed by atoms with van der Waals surface area (Å²) in [7, 11) is 1.80. The van der Waals surface area contributed by atoms with Gasteiger partial charge in [0.1, 0.15) is 12.1 Å². The first-order valence-electron chi connectivity index (χ1n) is 6.52. The van der Waals surface area contributed by atoms with E-state index in [4.69, 9.17) is 10.5 Å². The van der Waals surface area contributed by atoms with E-state index in [2.05, 4.69) is 12.0 Å². The lowest BCUT2D eigenvalue weighted by atomic mass is 9.88. The summed E-state index contributed by atoms with van der Waals surface area (Å²) >= 11 is 0. The van der Waals surface area contributed by atoms with Crippen LogP contribution in [0.5, 0.6) is 0 Å². The lowest BCUT2D eigenvalue weighted by molar-refractivity contribution is -0.155. The van der Waals surface area contributed by atoms with E-state index >= 15 is 0 Å². The van der Waals surface area contributed by atoms with Gasteiger partial charge in [-0.15, -0.1) is 0 Å². The fourth-order valence-corrected chi connectivity index (χ4v) is 2.42. The zero-order valence-corrected chi connectivity index (χ0v) is 11.0. The Morgan fingerprint density at radius 1 is 1.56 bits per heavy atom. The van der Waals surface area contributed by atoms with Crippen LogP contribution in [0.25, 0.3) is 0 Å². The number of carbonyl (C=O) groups excluding carboxylic acids is 1. The van der Waals surface area contributed by atoms with Gasteiger partial charge in [-0.1, -0.05) is 13.3 Å². The second-order valence-electron chi connectivity index (χ2n) is 5.16. The number of ether oxygens (including phenoxy) is 1. The predicted molar refractivity (Wildman–Crippen MR) is 67.6 cm³/mol. The van der Waals surface area contributed by atoms with Crippen molar-refractivity contribution >= 4 is 5.97 Å². The summed E-state index contributed by atoms with van der Waals surface area (Å²) in [6.45, 7) is 2.13. The third-order valence-corrected chi connectivity index (χ3v) is 3.64. The molecule has 5 nitrogen and oxygen atoms in total. The van der Waals surface area contributed by atoms with Crippen molar-refractivity contribution < 1.29 is 9.53 Å². The van der Waals surface area contributed by atoms with E-state index in [1.54, 1.807) is 24.1 Å². The Labute approximate surface area is 107 Å². The molecule has 1 heterocycles. The molecule has 1 saturated carbocycles. The van der Waals surface area contributed by atoms with Crippen molar-refractivity contribution in [2.24, 2.45) is 18.7 Å². The topological polar surface area (TPSA) is 70.1 Å². The molecule has 5 heteroatoms. The van der Waals surface area contributed by atoms with Gasteiger partial charge in [0.2, 0.25) is 0 Å². The quantitative estimate of drug-likeness (QED) is 0.827. The molecule has 1 aliphatic carbocycles. The number of aromatic nitrogens is 2. The first-order valence-corrected chi connectivity index (χ1v) is 6.52. The van der Waals surface area contributed by atoms with Crippen molar-refractivity contribution in [1.82, 2.24) is 9.78 Å². The van der Waals surface area contributed by atoms with E-state index in [9.17, 15) is 4.79 Å². The van der Waals surface area contributed by atoms with Crippen LogP contribution in [0.4, 0.5) is 0 Å². The number of hydrogen-bond acceptors (Lipinski definition) is 4. The Hall–Kier alpha value is -1.36. The molecule has 0 spiro atoms. The van der Waals surface area contributed by atoms with Crippen LogP contribution in [-0.4, -0.2) is 21.9 Å². The Kier molecular flexibility index (Phi) is 4.01. The second-order valence-corrected chi connectivity index (χ2v) is 5.16. The van der Waals surface area contributed by atoms with E-state index in [0.717, 1.165) is 19.3 Å². The van der Waals surface area contributed by atoms with E-state index in [1.165, 1.54) is 6.42 Å². The van der Waals surface area contributed by atoms with Gasteiger partial charge in [-0.25, -0.2) is 4.79 Å². The van der Waals surface area contributed by atoms with E-state index in [1.807, 2.05) is 0 Å². The van der Waals surface area contributed by atoms with Crippen molar-refractivity contribution in [3.05, 3.63) is 18.0 Å². The van der Waals surface area contributed by atoms with Crippen LogP contribution in [0.2, 0.25) is 0 Å². The summed E-state index contributed by atoms with van der Waals surface area (Å²) in [6, 6.07) is -0.729. The number of hydrogen-bond donors (Lipinski definition) is 1.